The molecule has 1 aromatic carbocycles. The van der Waals surface area contributed by atoms with Crippen molar-refractivity contribution >= 4 is 17.4 Å². The second-order valence-electron chi connectivity index (χ2n) is 3.12. The minimum atomic E-state index is 0.0611. The highest BCUT2D eigenvalue weighted by Crippen LogP contribution is 2.13. The molecule has 0 aliphatic rings. The Morgan fingerprint density at radius 2 is 2.14 bits per heavy atom. The quantitative estimate of drug-likeness (QED) is 0.463. The monoisotopic (exact) mass is 212 g/mol. The SMILES string of the molecule is O=C(CCCCCl)c1cccc(O)c1. The van der Waals surface area contributed by atoms with E-state index in [4.69, 9.17) is 16.7 Å². The van der Waals surface area contributed by atoms with Crippen molar-refractivity contribution in [3.05, 3.63) is 29.8 Å². The van der Waals surface area contributed by atoms with E-state index in [2.05, 4.69) is 0 Å². The van der Waals surface area contributed by atoms with E-state index in [0.29, 0.717) is 17.9 Å². The number of rotatable bonds is 5. The van der Waals surface area contributed by atoms with E-state index < -0.39 is 0 Å². The lowest BCUT2D eigenvalue weighted by Crippen LogP contribution is -1.98. The van der Waals surface area contributed by atoms with Crippen LogP contribution in [0.1, 0.15) is 29.6 Å². The molecule has 0 bridgehead atoms. The molecule has 0 radical (unpaired) electrons. The first-order chi connectivity index (χ1) is 6.74. The molecule has 1 aromatic rings. The first-order valence-electron chi connectivity index (χ1n) is 4.62. The molecular weight excluding hydrogens is 200 g/mol. The van der Waals surface area contributed by atoms with E-state index in [1.54, 1.807) is 18.2 Å². The number of halogens is 1. The number of aromatic hydroxyl groups is 1. The number of hydrogen-bond acceptors (Lipinski definition) is 2. The average molecular weight is 213 g/mol. The van der Waals surface area contributed by atoms with Gasteiger partial charge in [-0.3, -0.25) is 4.79 Å². The molecule has 0 unspecified atom stereocenters. The fourth-order valence-corrected chi connectivity index (χ4v) is 1.39. The molecule has 0 saturated heterocycles. The number of unbranched alkanes of at least 4 members (excludes halogenated alkanes) is 1. The molecule has 3 heteroatoms. The van der Waals surface area contributed by atoms with Gasteiger partial charge < -0.3 is 5.11 Å². The zero-order chi connectivity index (χ0) is 10.4. The van der Waals surface area contributed by atoms with E-state index >= 15 is 0 Å². The van der Waals surface area contributed by atoms with Gasteiger partial charge >= 0.3 is 0 Å². The lowest BCUT2D eigenvalue weighted by atomic mass is 10.1. The minimum absolute atomic E-state index is 0.0611. The van der Waals surface area contributed by atoms with Crippen LogP contribution < -0.4 is 0 Å². The Bertz CT molecular complexity index is 310. The number of ketones is 1. The highest BCUT2D eigenvalue weighted by molar-refractivity contribution is 6.17. The fourth-order valence-electron chi connectivity index (χ4n) is 1.20. The van der Waals surface area contributed by atoms with E-state index in [0.717, 1.165) is 12.8 Å². The summed E-state index contributed by atoms with van der Waals surface area (Å²) in [5.41, 5.74) is 0.569. The fraction of sp³-hybridized carbons (Fsp3) is 0.364. The molecular formula is C11H13ClO2. The molecule has 1 N–H and O–H groups in total. The average Bonchev–Trinajstić information content (AvgIpc) is 2.18. The van der Waals surface area contributed by atoms with E-state index in [-0.39, 0.29) is 11.5 Å². The summed E-state index contributed by atoms with van der Waals surface area (Å²) >= 11 is 5.50. The summed E-state index contributed by atoms with van der Waals surface area (Å²) in [5.74, 6) is 0.784. The number of carbonyl (C=O) groups excluding carboxylic acids is 1. The van der Waals surface area contributed by atoms with Crippen LogP contribution in [0.3, 0.4) is 0 Å². The molecule has 0 saturated carbocycles. The normalized spacial score (nSPS) is 10.1. The first kappa shape index (κ1) is 11.1. The van der Waals surface area contributed by atoms with Gasteiger partial charge in [-0.1, -0.05) is 12.1 Å². The zero-order valence-electron chi connectivity index (χ0n) is 7.87. The summed E-state index contributed by atoms with van der Waals surface area (Å²) in [4.78, 5) is 11.5. The number of phenols is 1. The van der Waals surface area contributed by atoms with Crippen molar-refractivity contribution in [2.75, 3.05) is 5.88 Å². The van der Waals surface area contributed by atoms with Crippen LogP contribution in [0.4, 0.5) is 0 Å². The Kier molecular flexibility index (Phi) is 4.47. The Morgan fingerprint density at radius 1 is 1.36 bits per heavy atom. The van der Waals surface area contributed by atoms with E-state index in [9.17, 15) is 4.79 Å². The molecule has 2 nitrogen and oxygen atoms in total. The summed E-state index contributed by atoms with van der Waals surface area (Å²) in [6, 6.07) is 6.42. The Hall–Kier alpha value is -1.02. The molecule has 0 fully saturated rings. The summed E-state index contributed by atoms with van der Waals surface area (Å²) < 4.78 is 0. The Balaban J connectivity index is 2.52. The molecule has 76 valence electrons. The summed E-state index contributed by atoms with van der Waals surface area (Å²) in [5, 5.41) is 9.16. The van der Waals surface area contributed by atoms with E-state index in [1.807, 2.05) is 0 Å². The number of hydrogen-bond donors (Lipinski definition) is 1. The smallest absolute Gasteiger partial charge is 0.163 e. The van der Waals surface area contributed by atoms with Crippen LogP contribution >= 0.6 is 11.6 Å². The largest absolute Gasteiger partial charge is 0.508 e. The Labute approximate surface area is 88.5 Å². The van der Waals surface area contributed by atoms with E-state index in [1.165, 1.54) is 6.07 Å². The molecule has 0 heterocycles. The molecule has 0 spiro atoms. The molecule has 1 rings (SSSR count). The van der Waals surface area contributed by atoms with Gasteiger partial charge in [0.1, 0.15) is 5.75 Å². The molecule has 0 aliphatic carbocycles. The predicted octanol–water partition coefficient (Wildman–Crippen LogP) is 2.98. The summed E-state index contributed by atoms with van der Waals surface area (Å²) in [6.45, 7) is 0. The van der Waals surface area contributed by atoms with Crippen molar-refractivity contribution in [2.24, 2.45) is 0 Å². The van der Waals surface area contributed by atoms with Crippen LogP contribution in [0.15, 0.2) is 24.3 Å². The third-order valence-electron chi connectivity index (χ3n) is 1.96. The number of alkyl halides is 1. The standard InChI is InChI=1S/C11H13ClO2/c12-7-2-1-6-11(14)9-4-3-5-10(13)8-9/h3-5,8,13H,1-2,6-7H2. The maximum absolute atomic E-state index is 11.5. The number of carbonyl (C=O) groups is 1. The van der Waals surface area contributed by atoms with Gasteiger partial charge in [-0.05, 0) is 25.0 Å². The van der Waals surface area contributed by atoms with Crippen LogP contribution in [-0.4, -0.2) is 16.8 Å². The summed E-state index contributed by atoms with van der Waals surface area (Å²) in [6.07, 6.45) is 2.15. The van der Waals surface area contributed by atoms with Crippen molar-refractivity contribution in [3.8, 4) is 5.75 Å². The van der Waals surface area contributed by atoms with Crippen molar-refractivity contribution in [2.45, 2.75) is 19.3 Å². The van der Waals surface area contributed by atoms with Gasteiger partial charge in [0, 0.05) is 17.9 Å². The number of phenolic OH excluding ortho intramolecular Hbond substituents is 1. The third-order valence-corrected chi connectivity index (χ3v) is 2.22. The lowest BCUT2D eigenvalue weighted by Gasteiger charge is -2.00. The van der Waals surface area contributed by atoms with Crippen molar-refractivity contribution in [1.29, 1.82) is 0 Å². The number of benzene rings is 1. The molecule has 0 amide bonds. The van der Waals surface area contributed by atoms with Crippen LogP contribution in [0.5, 0.6) is 5.75 Å². The van der Waals surface area contributed by atoms with Crippen LogP contribution in [0.25, 0.3) is 0 Å². The van der Waals surface area contributed by atoms with Gasteiger partial charge in [-0.2, -0.15) is 0 Å². The molecule has 14 heavy (non-hydrogen) atoms. The van der Waals surface area contributed by atoms with Crippen LogP contribution in [0.2, 0.25) is 0 Å². The third kappa shape index (κ3) is 3.38. The van der Waals surface area contributed by atoms with Crippen LogP contribution in [-0.2, 0) is 0 Å². The van der Waals surface area contributed by atoms with Gasteiger partial charge in [-0.15, -0.1) is 11.6 Å². The first-order valence-corrected chi connectivity index (χ1v) is 5.15. The van der Waals surface area contributed by atoms with Gasteiger partial charge in [0.05, 0.1) is 0 Å². The minimum Gasteiger partial charge on any atom is -0.508 e. The maximum Gasteiger partial charge on any atom is 0.163 e. The van der Waals surface area contributed by atoms with Crippen molar-refractivity contribution < 1.29 is 9.90 Å². The molecule has 0 aromatic heterocycles. The predicted molar refractivity (Wildman–Crippen MR) is 57.0 cm³/mol. The van der Waals surface area contributed by atoms with Crippen molar-refractivity contribution in [1.82, 2.24) is 0 Å². The zero-order valence-corrected chi connectivity index (χ0v) is 8.63. The second-order valence-corrected chi connectivity index (χ2v) is 3.50. The van der Waals surface area contributed by atoms with Crippen molar-refractivity contribution in [3.63, 3.8) is 0 Å². The molecule has 0 aliphatic heterocycles. The maximum atomic E-state index is 11.5. The Morgan fingerprint density at radius 3 is 2.79 bits per heavy atom. The number of Topliss-reactive ketones (excluding diaryl/α,β-unsaturated/α-hetero) is 1. The van der Waals surface area contributed by atoms with Gasteiger partial charge in [0.2, 0.25) is 0 Å². The lowest BCUT2D eigenvalue weighted by molar-refractivity contribution is 0.0979. The second kappa shape index (κ2) is 5.66. The van der Waals surface area contributed by atoms with Gasteiger partial charge in [0.15, 0.2) is 5.78 Å². The van der Waals surface area contributed by atoms with Gasteiger partial charge in [0.25, 0.3) is 0 Å². The summed E-state index contributed by atoms with van der Waals surface area (Å²) in [7, 11) is 0. The van der Waals surface area contributed by atoms with Gasteiger partial charge in [-0.25, -0.2) is 0 Å². The molecule has 0 atom stereocenters. The highest BCUT2D eigenvalue weighted by atomic mass is 35.5. The van der Waals surface area contributed by atoms with Crippen LogP contribution in [0, 0.1) is 0 Å². The highest BCUT2D eigenvalue weighted by Gasteiger charge is 2.05. The topological polar surface area (TPSA) is 37.3 Å².